The number of hydrogen-bond acceptors (Lipinski definition) is 3. The zero-order valence-electron chi connectivity index (χ0n) is 13.3. The first-order valence-electron chi connectivity index (χ1n) is 8.14. The van der Waals surface area contributed by atoms with Gasteiger partial charge in [0.1, 0.15) is 0 Å². The van der Waals surface area contributed by atoms with E-state index >= 15 is 0 Å². The molecule has 3 heteroatoms. The normalized spacial score (nSPS) is 10.5. The first kappa shape index (κ1) is 17.7. The van der Waals surface area contributed by atoms with Crippen molar-refractivity contribution < 1.29 is 9.53 Å². The quantitative estimate of drug-likeness (QED) is 0.466. The summed E-state index contributed by atoms with van der Waals surface area (Å²) in [4.78, 5) is 10.9. The molecular weight excluding hydrogens is 262 g/mol. The lowest BCUT2D eigenvalue weighted by Gasteiger charge is -2.05. The number of nitrogens with one attached hydrogen (secondary N) is 1. The third-order valence-corrected chi connectivity index (χ3v) is 3.63. The number of unbranched alkanes of at least 4 members (excludes halogenated alkanes) is 6. The highest BCUT2D eigenvalue weighted by molar-refractivity contribution is 5.68. The highest BCUT2D eigenvalue weighted by atomic mass is 16.5. The molecule has 0 aliphatic heterocycles. The molecule has 21 heavy (non-hydrogen) atoms. The van der Waals surface area contributed by atoms with Crippen LogP contribution in [0.15, 0.2) is 30.3 Å². The van der Waals surface area contributed by atoms with Crippen LogP contribution in [0.1, 0.15) is 56.9 Å². The van der Waals surface area contributed by atoms with Crippen molar-refractivity contribution in [1.82, 2.24) is 5.32 Å². The van der Waals surface area contributed by atoms with Gasteiger partial charge < -0.3 is 10.1 Å². The summed E-state index contributed by atoms with van der Waals surface area (Å²) in [6.45, 7) is 2.06. The van der Waals surface area contributed by atoms with Gasteiger partial charge in [0.25, 0.3) is 0 Å². The Kier molecular flexibility index (Phi) is 10.4. The number of benzene rings is 1. The van der Waals surface area contributed by atoms with Crippen molar-refractivity contribution >= 4 is 5.97 Å². The molecule has 0 unspecified atom stereocenters. The van der Waals surface area contributed by atoms with E-state index in [2.05, 4.69) is 40.4 Å². The van der Waals surface area contributed by atoms with Gasteiger partial charge in [-0.05, 0) is 24.9 Å². The fourth-order valence-corrected chi connectivity index (χ4v) is 2.33. The number of ether oxygens (including phenoxy) is 1. The number of hydrogen-bond donors (Lipinski definition) is 1. The van der Waals surface area contributed by atoms with Gasteiger partial charge >= 0.3 is 5.97 Å². The van der Waals surface area contributed by atoms with E-state index in [0.717, 1.165) is 25.9 Å². The van der Waals surface area contributed by atoms with E-state index in [1.54, 1.807) is 0 Å². The molecule has 118 valence electrons. The molecule has 0 fully saturated rings. The number of methoxy groups -OCH3 is 1. The van der Waals surface area contributed by atoms with Crippen LogP contribution in [-0.4, -0.2) is 19.6 Å². The third kappa shape index (κ3) is 10.1. The Morgan fingerprint density at radius 3 is 2.24 bits per heavy atom. The van der Waals surface area contributed by atoms with Gasteiger partial charge in [-0.2, -0.15) is 0 Å². The van der Waals surface area contributed by atoms with Gasteiger partial charge in [0.15, 0.2) is 0 Å². The highest BCUT2D eigenvalue weighted by Crippen LogP contribution is 2.08. The van der Waals surface area contributed by atoms with Crippen LogP contribution in [0.5, 0.6) is 0 Å². The fraction of sp³-hybridized carbons (Fsp3) is 0.611. The lowest BCUT2D eigenvalue weighted by atomic mass is 10.1. The summed E-state index contributed by atoms with van der Waals surface area (Å²) in [7, 11) is 1.45. The number of carbonyl (C=O) groups is 1. The molecule has 0 atom stereocenters. The smallest absolute Gasteiger partial charge is 0.305 e. The Morgan fingerprint density at radius 1 is 0.952 bits per heavy atom. The van der Waals surface area contributed by atoms with Gasteiger partial charge in [0.05, 0.1) is 7.11 Å². The molecule has 1 aromatic carbocycles. The fourth-order valence-electron chi connectivity index (χ4n) is 2.33. The van der Waals surface area contributed by atoms with Crippen molar-refractivity contribution in [3.8, 4) is 0 Å². The first-order valence-corrected chi connectivity index (χ1v) is 8.14. The topological polar surface area (TPSA) is 38.3 Å². The summed E-state index contributed by atoms with van der Waals surface area (Å²) < 4.78 is 4.62. The molecule has 0 saturated heterocycles. The van der Waals surface area contributed by atoms with Crippen molar-refractivity contribution in [2.45, 2.75) is 57.9 Å². The average Bonchev–Trinajstić information content (AvgIpc) is 2.53. The van der Waals surface area contributed by atoms with Gasteiger partial charge in [-0.1, -0.05) is 62.4 Å². The zero-order chi connectivity index (χ0) is 15.2. The molecule has 0 saturated carbocycles. The van der Waals surface area contributed by atoms with Crippen LogP contribution in [0.4, 0.5) is 0 Å². The van der Waals surface area contributed by atoms with Gasteiger partial charge in [-0.25, -0.2) is 0 Å². The van der Waals surface area contributed by atoms with Crippen LogP contribution >= 0.6 is 0 Å². The van der Waals surface area contributed by atoms with E-state index in [1.165, 1.54) is 44.8 Å². The van der Waals surface area contributed by atoms with Gasteiger partial charge in [-0.3, -0.25) is 4.79 Å². The van der Waals surface area contributed by atoms with Crippen molar-refractivity contribution in [1.29, 1.82) is 0 Å². The minimum absolute atomic E-state index is 0.0838. The Labute approximate surface area is 129 Å². The predicted octanol–water partition coefficient (Wildman–Crippen LogP) is 4.07. The van der Waals surface area contributed by atoms with E-state index in [1.807, 2.05) is 0 Å². The van der Waals surface area contributed by atoms with Crippen molar-refractivity contribution in [3.63, 3.8) is 0 Å². The Hall–Kier alpha value is -1.35. The van der Waals surface area contributed by atoms with Crippen LogP contribution in [0.3, 0.4) is 0 Å². The Morgan fingerprint density at radius 2 is 1.57 bits per heavy atom. The van der Waals surface area contributed by atoms with Gasteiger partial charge in [0.2, 0.25) is 0 Å². The van der Waals surface area contributed by atoms with Crippen LogP contribution in [-0.2, 0) is 16.1 Å². The largest absolute Gasteiger partial charge is 0.469 e. The minimum atomic E-state index is -0.0838. The summed E-state index contributed by atoms with van der Waals surface area (Å²) in [5.74, 6) is -0.0838. The summed E-state index contributed by atoms with van der Waals surface area (Å²) in [6.07, 6.45) is 9.01. The van der Waals surface area contributed by atoms with Crippen LogP contribution < -0.4 is 5.32 Å². The standard InChI is InChI=1S/C18H29NO2/c1-21-18(20)14-10-5-3-2-4-6-11-15-19-16-17-12-8-7-9-13-17/h7-9,12-13,19H,2-6,10-11,14-16H2,1H3. The molecule has 3 nitrogen and oxygen atoms in total. The Balaban J connectivity index is 1.80. The molecule has 0 aliphatic rings. The molecule has 0 spiro atoms. The average molecular weight is 291 g/mol. The van der Waals surface area contributed by atoms with Gasteiger partial charge in [0, 0.05) is 13.0 Å². The van der Waals surface area contributed by atoms with E-state index in [-0.39, 0.29) is 5.97 Å². The van der Waals surface area contributed by atoms with E-state index in [0.29, 0.717) is 6.42 Å². The molecule has 1 aromatic rings. The van der Waals surface area contributed by atoms with E-state index < -0.39 is 0 Å². The molecule has 0 bridgehead atoms. The summed E-state index contributed by atoms with van der Waals surface area (Å²) in [5, 5.41) is 3.48. The van der Waals surface area contributed by atoms with E-state index in [9.17, 15) is 4.79 Å². The second-order valence-electron chi connectivity index (χ2n) is 5.46. The molecule has 0 aromatic heterocycles. The second-order valence-corrected chi connectivity index (χ2v) is 5.46. The lowest BCUT2D eigenvalue weighted by Crippen LogP contribution is -2.14. The zero-order valence-corrected chi connectivity index (χ0v) is 13.3. The van der Waals surface area contributed by atoms with Crippen LogP contribution in [0.25, 0.3) is 0 Å². The van der Waals surface area contributed by atoms with Gasteiger partial charge in [-0.15, -0.1) is 0 Å². The predicted molar refractivity (Wildman–Crippen MR) is 87.1 cm³/mol. The van der Waals surface area contributed by atoms with Crippen molar-refractivity contribution in [2.24, 2.45) is 0 Å². The summed E-state index contributed by atoms with van der Waals surface area (Å²) in [6, 6.07) is 10.5. The monoisotopic (exact) mass is 291 g/mol. The second kappa shape index (κ2) is 12.4. The highest BCUT2D eigenvalue weighted by Gasteiger charge is 1.99. The molecule has 0 heterocycles. The molecule has 1 N–H and O–H groups in total. The molecule has 0 radical (unpaired) electrons. The molecule has 1 rings (SSSR count). The van der Waals surface area contributed by atoms with Crippen molar-refractivity contribution in [3.05, 3.63) is 35.9 Å². The van der Waals surface area contributed by atoms with Crippen molar-refractivity contribution in [2.75, 3.05) is 13.7 Å². The van der Waals surface area contributed by atoms with E-state index in [4.69, 9.17) is 0 Å². The maximum absolute atomic E-state index is 10.9. The Bertz CT molecular complexity index is 365. The minimum Gasteiger partial charge on any atom is -0.469 e. The number of rotatable bonds is 12. The van der Waals surface area contributed by atoms with Crippen LogP contribution in [0, 0.1) is 0 Å². The summed E-state index contributed by atoms with van der Waals surface area (Å²) >= 11 is 0. The number of carbonyl (C=O) groups excluding carboxylic acids is 1. The SMILES string of the molecule is COC(=O)CCCCCCCCCNCc1ccccc1. The maximum Gasteiger partial charge on any atom is 0.305 e. The maximum atomic E-state index is 10.9. The summed E-state index contributed by atoms with van der Waals surface area (Å²) in [5.41, 5.74) is 1.35. The van der Waals surface area contributed by atoms with Crippen LogP contribution in [0.2, 0.25) is 0 Å². The molecule has 0 aliphatic carbocycles. The molecule has 0 amide bonds. The number of esters is 1. The third-order valence-electron chi connectivity index (χ3n) is 3.63. The lowest BCUT2D eigenvalue weighted by molar-refractivity contribution is -0.140. The molecular formula is C18H29NO2. The first-order chi connectivity index (χ1) is 10.3.